The Morgan fingerprint density at radius 3 is 2.35 bits per heavy atom. The van der Waals surface area contributed by atoms with Crippen LogP contribution in [0.5, 0.6) is 5.75 Å². The number of phenols is 1. The van der Waals surface area contributed by atoms with Crippen molar-refractivity contribution >= 4 is 17.2 Å². The summed E-state index contributed by atoms with van der Waals surface area (Å²) < 4.78 is 14.1. The van der Waals surface area contributed by atoms with Crippen LogP contribution in [0.25, 0.3) is 11.1 Å². The van der Waals surface area contributed by atoms with Crippen LogP contribution in [0, 0.1) is 5.82 Å². The van der Waals surface area contributed by atoms with E-state index in [-0.39, 0.29) is 16.3 Å². The Morgan fingerprint density at radius 1 is 1.12 bits per heavy atom. The van der Waals surface area contributed by atoms with Crippen LogP contribution in [0.4, 0.5) is 4.39 Å². The summed E-state index contributed by atoms with van der Waals surface area (Å²) in [7, 11) is 0. The Kier molecular flexibility index (Phi) is 3.06. The lowest BCUT2D eigenvalue weighted by molar-refractivity contribution is 0.475. The molecule has 0 radical (unpaired) electrons. The fourth-order valence-electron chi connectivity index (χ4n) is 1.59. The maximum Gasteiger partial charge on any atom is 0.141 e. The number of hydrogen-bond acceptors (Lipinski definition) is 2. The topological polar surface area (TPSA) is 46.2 Å². The van der Waals surface area contributed by atoms with Gasteiger partial charge in [0.25, 0.3) is 0 Å². The Hall–Kier alpha value is -1.94. The van der Waals surface area contributed by atoms with Gasteiger partial charge in [0.05, 0.1) is 0 Å². The third-order valence-electron chi connectivity index (χ3n) is 2.44. The van der Waals surface area contributed by atoms with E-state index in [1.807, 2.05) is 0 Å². The molecule has 0 saturated carbocycles. The average Bonchev–Trinajstić information content (AvgIpc) is 2.30. The van der Waals surface area contributed by atoms with Crippen molar-refractivity contribution in [2.24, 2.45) is 5.73 Å². The van der Waals surface area contributed by atoms with E-state index in [0.717, 1.165) is 0 Å². The predicted octanol–water partition coefficient (Wildman–Crippen LogP) is 2.83. The van der Waals surface area contributed by atoms with Crippen molar-refractivity contribution in [3.63, 3.8) is 0 Å². The minimum atomic E-state index is -0.439. The molecule has 2 nitrogen and oxygen atoms in total. The number of benzene rings is 2. The molecule has 2 aromatic rings. The molecule has 3 N–H and O–H groups in total. The Balaban J connectivity index is 2.56. The molecular formula is C13H10FNOS. The van der Waals surface area contributed by atoms with Gasteiger partial charge in [0.2, 0.25) is 0 Å². The van der Waals surface area contributed by atoms with Crippen molar-refractivity contribution in [1.82, 2.24) is 0 Å². The van der Waals surface area contributed by atoms with E-state index in [1.54, 1.807) is 30.3 Å². The normalized spacial score (nSPS) is 10.2. The molecule has 0 atom stereocenters. The van der Waals surface area contributed by atoms with Crippen LogP contribution in [0.2, 0.25) is 0 Å². The largest absolute Gasteiger partial charge is 0.508 e. The van der Waals surface area contributed by atoms with Crippen molar-refractivity contribution in [2.45, 2.75) is 0 Å². The van der Waals surface area contributed by atoms with Crippen LogP contribution in [0.1, 0.15) is 5.56 Å². The molecule has 0 unspecified atom stereocenters. The van der Waals surface area contributed by atoms with E-state index in [1.165, 1.54) is 12.1 Å². The van der Waals surface area contributed by atoms with Crippen molar-refractivity contribution in [1.29, 1.82) is 0 Å². The number of aromatic hydroxyl groups is 1. The molecular weight excluding hydrogens is 237 g/mol. The molecule has 86 valence electrons. The summed E-state index contributed by atoms with van der Waals surface area (Å²) in [5.74, 6) is -0.301. The van der Waals surface area contributed by atoms with Gasteiger partial charge in [-0.1, -0.05) is 36.5 Å². The Labute approximate surface area is 104 Å². The zero-order valence-corrected chi connectivity index (χ0v) is 9.67. The smallest absolute Gasteiger partial charge is 0.141 e. The van der Waals surface area contributed by atoms with Crippen molar-refractivity contribution in [2.75, 3.05) is 0 Å². The first-order chi connectivity index (χ1) is 8.09. The zero-order valence-electron chi connectivity index (χ0n) is 8.85. The summed E-state index contributed by atoms with van der Waals surface area (Å²) in [5, 5.41) is 9.18. The number of thiocarbonyl (C=S) groups is 1. The highest BCUT2D eigenvalue weighted by atomic mass is 32.1. The molecule has 0 aliphatic rings. The minimum absolute atomic E-state index is 0.0307. The average molecular weight is 247 g/mol. The summed E-state index contributed by atoms with van der Waals surface area (Å²) in [6, 6.07) is 11.2. The van der Waals surface area contributed by atoms with E-state index in [2.05, 4.69) is 0 Å². The van der Waals surface area contributed by atoms with Crippen LogP contribution in [-0.2, 0) is 0 Å². The maximum atomic E-state index is 14.1. The lowest BCUT2D eigenvalue weighted by Gasteiger charge is -2.07. The van der Waals surface area contributed by atoms with Gasteiger partial charge in [-0.15, -0.1) is 0 Å². The first kappa shape index (κ1) is 11.5. The van der Waals surface area contributed by atoms with Gasteiger partial charge in [0.1, 0.15) is 16.6 Å². The second kappa shape index (κ2) is 4.51. The second-order valence-electron chi connectivity index (χ2n) is 3.58. The molecule has 0 saturated heterocycles. The molecule has 2 rings (SSSR count). The van der Waals surface area contributed by atoms with Crippen molar-refractivity contribution in [3.8, 4) is 16.9 Å². The van der Waals surface area contributed by atoms with Gasteiger partial charge in [-0.05, 0) is 23.8 Å². The highest BCUT2D eigenvalue weighted by Gasteiger charge is 2.11. The molecule has 0 aliphatic heterocycles. The second-order valence-corrected chi connectivity index (χ2v) is 4.02. The third-order valence-corrected chi connectivity index (χ3v) is 2.66. The summed E-state index contributed by atoms with van der Waals surface area (Å²) in [6.45, 7) is 0. The van der Waals surface area contributed by atoms with Gasteiger partial charge >= 0.3 is 0 Å². The number of nitrogens with two attached hydrogens (primary N) is 1. The van der Waals surface area contributed by atoms with Crippen LogP contribution in [0.15, 0.2) is 42.5 Å². The van der Waals surface area contributed by atoms with E-state index in [4.69, 9.17) is 18.0 Å². The SMILES string of the molecule is NC(=S)c1cccc(-c2ccc(O)cc2)c1F. The van der Waals surface area contributed by atoms with E-state index < -0.39 is 5.82 Å². The summed E-state index contributed by atoms with van der Waals surface area (Å²) >= 11 is 4.78. The number of phenolic OH excluding ortho intramolecular Hbond substituents is 1. The molecule has 0 bridgehead atoms. The Morgan fingerprint density at radius 2 is 1.76 bits per heavy atom. The first-order valence-electron chi connectivity index (χ1n) is 4.97. The maximum absolute atomic E-state index is 14.1. The number of hydrogen-bond donors (Lipinski definition) is 2. The lowest BCUT2D eigenvalue weighted by atomic mass is 10.0. The van der Waals surface area contributed by atoms with Gasteiger partial charge in [0, 0.05) is 11.1 Å². The van der Waals surface area contributed by atoms with E-state index in [9.17, 15) is 9.50 Å². The van der Waals surface area contributed by atoms with Crippen LogP contribution in [-0.4, -0.2) is 10.1 Å². The highest BCUT2D eigenvalue weighted by Crippen LogP contribution is 2.26. The fourth-order valence-corrected chi connectivity index (χ4v) is 1.74. The number of rotatable bonds is 2. The van der Waals surface area contributed by atoms with E-state index >= 15 is 0 Å². The van der Waals surface area contributed by atoms with Crippen LogP contribution >= 0.6 is 12.2 Å². The molecule has 0 heterocycles. The van der Waals surface area contributed by atoms with Gasteiger partial charge < -0.3 is 10.8 Å². The zero-order chi connectivity index (χ0) is 12.4. The third kappa shape index (κ3) is 2.26. The molecule has 17 heavy (non-hydrogen) atoms. The molecule has 2 aromatic carbocycles. The summed E-state index contributed by atoms with van der Waals surface area (Å²) in [5.41, 5.74) is 6.74. The lowest BCUT2D eigenvalue weighted by Crippen LogP contribution is -2.12. The summed E-state index contributed by atoms with van der Waals surface area (Å²) in [6.07, 6.45) is 0. The monoisotopic (exact) mass is 247 g/mol. The Bertz CT molecular complexity index is 566. The predicted molar refractivity (Wildman–Crippen MR) is 69.4 cm³/mol. The summed E-state index contributed by atoms with van der Waals surface area (Å²) in [4.78, 5) is 0.0307. The standard InChI is InChI=1S/C13H10FNOS/c14-12-10(2-1-3-11(12)13(15)17)8-4-6-9(16)7-5-8/h1-7,16H,(H2,15,17). The van der Waals surface area contributed by atoms with Crippen molar-refractivity contribution in [3.05, 3.63) is 53.8 Å². The van der Waals surface area contributed by atoms with Gasteiger partial charge in [-0.3, -0.25) is 0 Å². The van der Waals surface area contributed by atoms with Crippen molar-refractivity contribution < 1.29 is 9.50 Å². The highest BCUT2D eigenvalue weighted by molar-refractivity contribution is 7.80. The van der Waals surface area contributed by atoms with Gasteiger partial charge in [-0.25, -0.2) is 4.39 Å². The molecule has 0 spiro atoms. The molecule has 4 heteroatoms. The van der Waals surface area contributed by atoms with E-state index in [0.29, 0.717) is 11.1 Å². The minimum Gasteiger partial charge on any atom is -0.508 e. The molecule has 0 aromatic heterocycles. The fraction of sp³-hybridized carbons (Fsp3) is 0. The van der Waals surface area contributed by atoms with Gasteiger partial charge in [-0.2, -0.15) is 0 Å². The number of halogens is 1. The van der Waals surface area contributed by atoms with Gasteiger partial charge in [0.15, 0.2) is 0 Å². The molecule has 0 amide bonds. The van der Waals surface area contributed by atoms with Crippen LogP contribution < -0.4 is 5.73 Å². The van der Waals surface area contributed by atoms with Crippen LogP contribution in [0.3, 0.4) is 0 Å². The molecule has 0 aliphatic carbocycles. The molecule has 0 fully saturated rings. The first-order valence-corrected chi connectivity index (χ1v) is 5.38. The quantitative estimate of drug-likeness (QED) is 0.802.